The van der Waals surface area contributed by atoms with Crippen LogP contribution >= 0.6 is 27.5 Å². The van der Waals surface area contributed by atoms with Gasteiger partial charge in [0.05, 0.1) is 19.9 Å². The molecule has 0 heterocycles. The third kappa shape index (κ3) is 5.58. The molecule has 2 aromatic rings. The molecule has 2 N–H and O–H groups in total. The molecule has 0 saturated carbocycles. The summed E-state index contributed by atoms with van der Waals surface area (Å²) >= 11 is 9.24. The van der Waals surface area contributed by atoms with Gasteiger partial charge in [0.15, 0.2) is 0 Å². The van der Waals surface area contributed by atoms with E-state index in [0.29, 0.717) is 5.02 Å². The predicted molar refractivity (Wildman–Crippen MR) is 96.4 cm³/mol. The van der Waals surface area contributed by atoms with E-state index in [0.717, 1.165) is 21.5 Å². The van der Waals surface area contributed by atoms with Crippen molar-refractivity contribution in [1.82, 2.24) is 5.43 Å². The first kappa shape index (κ1) is 17.3. The first-order valence-electron chi connectivity index (χ1n) is 6.73. The fourth-order valence-corrected chi connectivity index (χ4v) is 2.54. The first-order valence-corrected chi connectivity index (χ1v) is 7.90. The topological polar surface area (TPSA) is 62.7 Å². The number of anilines is 1. The average Bonchev–Trinajstić information content (AvgIpc) is 2.54. The molecule has 120 valence electrons. The smallest absolute Gasteiger partial charge is 0.259 e. The normalized spacial score (nSPS) is 10.6. The predicted octanol–water partition coefficient (Wildman–Crippen LogP) is 3.67. The zero-order chi connectivity index (χ0) is 16.7. The number of halogens is 2. The van der Waals surface area contributed by atoms with Gasteiger partial charge in [0.2, 0.25) is 0 Å². The molecule has 7 heteroatoms. The lowest BCUT2D eigenvalue weighted by Crippen LogP contribution is -2.26. The molecule has 0 aliphatic carbocycles. The number of benzene rings is 2. The highest BCUT2D eigenvalue weighted by Gasteiger charge is 2.03. The summed E-state index contributed by atoms with van der Waals surface area (Å²) < 4.78 is 5.86. The van der Waals surface area contributed by atoms with Crippen molar-refractivity contribution < 1.29 is 9.53 Å². The van der Waals surface area contributed by atoms with E-state index in [1.807, 2.05) is 24.3 Å². The molecule has 23 heavy (non-hydrogen) atoms. The molecule has 0 fully saturated rings. The van der Waals surface area contributed by atoms with Crippen LogP contribution < -0.4 is 15.5 Å². The number of ether oxygens (including phenoxy) is 1. The molecule has 2 aromatic carbocycles. The third-order valence-corrected chi connectivity index (χ3v) is 3.78. The fraction of sp³-hybridized carbons (Fsp3) is 0.125. The second-order valence-corrected chi connectivity index (χ2v) is 5.83. The molecular formula is C16H15BrClN3O2. The number of nitrogens with one attached hydrogen (secondary N) is 2. The van der Waals surface area contributed by atoms with Crippen LogP contribution in [0.1, 0.15) is 5.56 Å². The van der Waals surface area contributed by atoms with Crippen LogP contribution in [0.3, 0.4) is 0 Å². The maximum Gasteiger partial charge on any atom is 0.259 e. The summed E-state index contributed by atoms with van der Waals surface area (Å²) in [4.78, 5) is 11.7. The summed E-state index contributed by atoms with van der Waals surface area (Å²) in [7, 11) is 1.61. The van der Waals surface area contributed by atoms with Crippen LogP contribution in [0, 0.1) is 0 Å². The van der Waals surface area contributed by atoms with Gasteiger partial charge in [-0.1, -0.05) is 11.6 Å². The summed E-state index contributed by atoms with van der Waals surface area (Å²) in [5.41, 5.74) is 4.10. The van der Waals surface area contributed by atoms with Gasteiger partial charge in [-0.2, -0.15) is 5.10 Å². The number of hydrazone groups is 1. The van der Waals surface area contributed by atoms with E-state index >= 15 is 0 Å². The standard InChI is InChI=1S/C16H15BrClN3O2/c1-23-13-5-2-11(3-6-13)9-20-21-16(22)10-19-15-7-4-12(18)8-14(15)17/h2-9,19H,10H2,1H3,(H,21,22)/b20-9-. The van der Waals surface area contributed by atoms with E-state index in [-0.39, 0.29) is 12.5 Å². The Morgan fingerprint density at radius 2 is 2.04 bits per heavy atom. The average molecular weight is 397 g/mol. The molecule has 0 aromatic heterocycles. The van der Waals surface area contributed by atoms with Crippen molar-refractivity contribution in [3.05, 3.63) is 57.5 Å². The maximum absolute atomic E-state index is 11.7. The number of rotatable bonds is 6. The van der Waals surface area contributed by atoms with Crippen LogP contribution in [0.25, 0.3) is 0 Å². The minimum absolute atomic E-state index is 0.0974. The van der Waals surface area contributed by atoms with Crippen LogP contribution in [-0.4, -0.2) is 25.8 Å². The Kier molecular flexibility index (Phi) is 6.43. The Balaban J connectivity index is 1.81. The number of carbonyl (C=O) groups excluding carboxylic acids is 1. The first-order chi connectivity index (χ1) is 11.1. The van der Waals surface area contributed by atoms with Crippen LogP contribution in [0.5, 0.6) is 5.75 Å². The van der Waals surface area contributed by atoms with Gasteiger partial charge in [0, 0.05) is 15.2 Å². The summed E-state index contributed by atoms with van der Waals surface area (Å²) in [6, 6.07) is 12.6. The van der Waals surface area contributed by atoms with Crippen molar-refractivity contribution in [3.63, 3.8) is 0 Å². The van der Waals surface area contributed by atoms with Gasteiger partial charge in [-0.05, 0) is 64.0 Å². The molecule has 0 unspecified atom stereocenters. The monoisotopic (exact) mass is 395 g/mol. The van der Waals surface area contributed by atoms with Gasteiger partial charge < -0.3 is 10.1 Å². The van der Waals surface area contributed by atoms with E-state index in [2.05, 4.69) is 31.8 Å². The summed E-state index contributed by atoms with van der Waals surface area (Å²) in [5, 5.41) is 7.52. The third-order valence-electron chi connectivity index (χ3n) is 2.89. The van der Waals surface area contributed by atoms with Gasteiger partial charge in [0.25, 0.3) is 5.91 Å². The van der Waals surface area contributed by atoms with Crippen molar-refractivity contribution in [2.24, 2.45) is 5.10 Å². The minimum atomic E-state index is -0.253. The van der Waals surface area contributed by atoms with Crippen molar-refractivity contribution in [2.45, 2.75) is 0 Å². The molecule has 0 saturated heterocycles. The lowest BCUT2D eigenvalue weighted by molar-refractivity contribution is -0.119. The highest BCUT2D eigenvalue weighted by molar-refractivity contribution is 9.10. The lowest BCUT2D eigenvalue weighted by atomic mass is 10.2. The summed E-state index contributed by atoms with van der Waals surface area (Å²) in [6.45, 7) is 0.0974. The number of hydrogen-bond acceptors (Lipinski definition) is 4. The summed E-state index contributed by atoms with van der Waals surface area (Å²) in [6.07, 6.45) is 1.57. The zero-order valence-corrected chi connectivity index (χ0v) is 14.7. The quantitative estimate of drug-likeness (QED) is 0.578. The van der Waals surface area contributed by atoms with Gasteiger partial charge in [-0.15, -0.1) is 0 Å². The van der Waals surface area contributed by atoms with E-state index in [1.54, 1.807) is 31.5 Å². The molecule has 0 bridgehead atoms. The second kappa shape index (κ2) is 8.55. The van der Waals surface area contributed by atoms with E-state index in [9.17, 15) is 4.79 Å². The number of carbonyl (C=O) groups is 1. The molecule has 0 aliphatic heterocycles. The number of hydrogen-bond donors (Lipinski definition) is 2. The van der Waals surface area contributed by atoms with Crippen LogP contribution in [-0.2, 0) is 4.79 Å². The molecule has 0 aliphatic rings. The molecule has 1 amide bonds. The molecular weight excluding hydrogens is 382 g/mol. The molecule has 0 atom stereocenters. The van der Waals surface area contributed by atoms with E-state index < -0.39 is 0 Å². The number of methoxy groups -OCH3 is 1. The van der Waals surface area contributed by atoms with E-state index in [1.165, 1.54) is 0 Å². The number of amides is 1. The SMILES string of the molecule is COc1ccc(/C=N\NC(=O)CNc2ccc(Cl)cc2Br)cc1. The van der Waals surface area contributed by atoms with Gasteiger partial charge in [-0.3, -0.25) is 4.79 Å². The Hall–Kier alpha value is -2.05. The van der Waals surface area contributed by atoms with E-state index in [4.69, 9.17) is 16.3 Å². The zero-order valence-electron chi connectivity index (χ0n) is 12.3. The molecule has 0 radical (unpaired) electrons. The minimum Gasteiger partial charge on any atom is -0.497 e. The van der Waals surface area contributed by atoms with Crippen molar-refractivity contribution >= 4 is 45.3 Å². The van der Waals surface area contributed by atoms with Crippen LogP contribution in [0.4, 0.5) is 5.69 Å². The molecule has 0 spiro atoms. The highest BCUT2D eigenvalue weighted by atomic mass is 79.9. The van der Waals surface area contributed by atoms with Gasteiger partial charge in [-0.25, -0.2) is 5.43 Å². The molecule has 5 nitrogen and oxygen atoms in total. The van der Waals surface area contributed by atoms with Gasteiger partial charge in [0.1, 0.15) is 5.75 Å². The highest BCUT2D eigenvalue weighted by Crippen LogP contribution is 2.25. The largest absolute Gasteiger partial charge is 0.497 e. The van der Waals surface area contributed by atoms with Crippen molar-refractivity contribution in [1.29, 1.82) is 0 Å². The Morgan fingerprint density at radius 1 is 1.30 bits per heavy atom. The van der Waals surface area contributed by atoms with Crippen LogP contribution in [0.2, 0.25) is 5.02 Å². The van der Waals surface area contributed by atoms with Crippen molar-refractivity contribution in [3.8, 4) is 5.75 Å². The summed E-state index contributed by atoms with van der Waals surface area (Å²) in [5.74, 6) is 0.514. The maximum atomic E-state index is 11.7. The molecule has 2 rings (SSSR count). The van der Waals surface area contributed by atoms with Crippen molar-refractivity contribution in [2.75, 3.05) is 19.0 Å². The Labute approximate surface area is 147 Å². The Morgan fingerprint density at radius 3 is 2.70 bits per heavy atom. The second-order valence-electron chi connectivity index (χ2n) is 4.54. The number of nitrogens with zero attached hydrogens (tertiary/aromatic N) is 1. The van der Waals surface area contributed by atoms with Crippen LogP contribution in [0.15, 0.2) is 52.0 Å². The lowest BCUT2D eigenvalue weighted by Gasteiger charge is -2.07. The van der Waals surface area contributed by atoms with Gasteiger partial charge >= 0.3 is 0 Å². The fourth-order valence-electron chi connectivity index (χ4n) is 1.72. The Bertz CT molecular complexity index is 705.